The van der Waals surface area contributed by atoms with Crippen molar-refractivity contribution in [1.29, 1.82) is 0 Å². The van der Waals surface area contributed by atoms with Gasteiger partial charge < -0.3 is 9.32 Å². The number of hydrogen-bond donors (Lipinski definition) is 0. The molecular formula is C52H35NO. The number of anilines is 3. The largest absolute Gasteiger partial charge is 0.455 e. The molecule has 54 heavy (non-hydrogen) atoms. The van der Waals surface area contributed by atoms with Crippen molar-refractivity contribution in [3.63, 3.8) is 0 Å². The third-order valence-electron chi connectivity index (χ3n) is 10.5. The van der Waals surface area contributed by atoms with Crippen LogP contribution in [-0.2, 0) is 0 Å². The van der Waals surface area contributed by atoms with E-state index in [9.17, 15) is 0 Å². The number of para-hydroxylation sites is 2. The Morgan fingerprint density at radius 2 is 0.907 bits per heavy atom. The predicted molar refractivity (Wildman–Crippen MR) is 228 cm³/mol. The summed E-state index contributed by atoms with van der Waals surface area (Å²) in [4.78, 5) is 2.42. The Morgan fingerprint density at radius 3 is 1.72 bits per heavy atom. The van der Waals surface area contributed by atoms with Gasteiger partial charge in [0, 0.05) is 22.2 Å². The van der Waals surface area contributed by atoms with Crippen LogP contribution >= 0.6 is 0 Å². The molecule has 0 atom stereocenters. The maximum absolute atomic E-state index is 6.88. The Balaban J connectivity index is 1.22. The average molecular weight is 690 g/mol. The van der Waals surface area contributed by atoms with Crippen LogP contribution in [0.5, 0.6) is 0 Å². The van der Waals surface area contributed by atoms with Crippen molar-refractivity contribution in [3.8, 4) is 44.5 Å². The zero-order valence-electron chi connectivity index (χ0n) is 29.6. The minimum absolute atomic E-state index is 0.866. The van der Waals surface area contributed by atoms with Crippen LogP contribution in [0.1, 0.15) is 0 Å². The van der Waals surface area contributed by atoms with Crippen LogP contribution in [-0.4, -0.2) is 0 Å². The highest BCUT2D eigenvalue weighted by Gasteiger charge is 2.24. The van der Waals surface area contributed by atoms with Crippen molar-refractivity contribution in [3.05, 3.63) is 212 Å². The van der Waals surface area contributed by atoms with Gasteiger partial charge in [0.2, 0.25) is 0 Å². The molecule has 0 spiro atoms. The molecule has 254 valence electrons. The van der Waals surface area contributed by atoms with Crippen molar-refractivity contribution >= 4 is 49.8 Å². The number of hydrogen-bond acceptors (Lipinski definition) is 2. The molecule has 2 nitrogen and oxygen atoms in total. The first-order valence-electron chi connectivity index (χ1n) is 18.4. The lowest BCUT2D eigenvalue weighted by molar-refractivity contribution is 0.670. The summed E-state index contributed by atoms with van der Waals surface area (Å²) in [5.41, 5.74) is 14.2. The lowest BCUT2D eigenvalue weighted by Crippen LogP contribution is -2.12. The molecule has 0 amide bonds. The Bertz CT molecular complexity index is 2920. The van der Waals surface area contributed by atoms with Crippen LogP contribution < -0.4 is 4.90 Å². The zero-order valence-corrected chi connectivity index (χ0v) is 29.6. The van der Waals surface area contributed by atoms with Crippen LogP contribution in [0.15, 0.2) is 217 Å². The van der Waals surface area contributed by atoms with Gasteiger partial charge in [-0.3, -0.25) is 0 Å². The molecule has 0 aliphatic heterocycles. The highest BCUT2D eigenvalue weighted by atomic mass is 16.3. The Kier molecular flexibility index (Phi) is 7.85. The summed E-state index contributed by atoms with van der Waals surface area (Å²) in [5, 5.41) is 4.57. The average Bonchev–Trinajstić information content (AvgIpc) is 3.65. The van der Waals surface area contributed by atoms with E-state index in [4.69, 9.17) is 4.42 Å². The third kappa shape index (κ3) is 5.53. The van der Waals surface area contributed by atoms with Crippen molar-refractivity contribution in [2.75, 3.05) is 4.90 Å². The maximum atomic E-state index is 6.88. The van der Waals surface area contributed by atoms with E-state index in [1.165, 1.54) is 21.9 Å². The molecule has 9 aromatic carbocycles. The van der Waals surface area contributed by atoms with Gasteiger partial charge in [0.1, 0.15) is 11.2 Å². The van der Waals surface area contributed by atoms with E-state index in [2.05, 4.69) is 217 Å². The first-order valence-corrected chi connectivity index (χ1v) is 18.4. The van der Waals surface area contributed by atoms with Gasteiger partial charge in [0.05, 0.1) is 16.8 Å². The second kappa shape index (κ2) is 13.4. The first kappa shape index (κ1) is 31.6. The van der Waals surface area contributed by atoms with Gasteiger partial charge in [0.25, 0.3) is 0 Å². The lowest BCUT2D eigenvalue weighted by Gasteiger charge is -2.29. The van der Waals surface area contributed by atoms with E-state index < -0.39 is 0 Å². The molecule has 0 aliphatic carbocycles. The Labute approximate surface area is 314 Å². The molecule has 0 bridgehead atoms. The molecule has 1 heterocycles. The molecule has 2 heteroatoms. The smallest absolute Gasteiger partial charge is 0.145 e. The second-order valence-electron chi connectivity index (χ2n) is 13.7. The highest BCUT2D eigenvalue weighted by molar-refractivity contribution is 6.19. The van der Waals surface area contributed by atoms with Crippen molar-refractivity contribution < 1.29 is 4.42 Å². The fourth-order valence-electron chi connectivity index (χ4n) is 7.92. The van der Waals surface area contributed by atoms with Crippen LogP contribution in [0.25, 0.3) is 77.2 Å². The number of nitrogens with zero attached hydrogens (tertiary/aromatic N) is 1. The van der Waals surface area contributed by atoms with Crippen LogP contribution in [0.4, 0.5) is 17.1 Å². The maximum Gasteiger partial charge on any atom is 0.145 e. The van der Waals surface area contributed by atoms with Gasteiger partial charge in [-0.25, -0.2) is 0 Å². The van der Waals surface area contributed by atoms with E-state index in [0.29, 0.717) is 0 Å². The monoisotopic (exact) mass is 689 g/mol. The van der Waals surface area contributed by atoms with Gasteiger partial charge in [-0.2, -0.15) is 0 Å². The molecule has 1 aromatic heterocycles. The number of benzene rings is 9. The summed E-state index contributed by atoms with van der Waals surface area (Å²) in [6.45, 7) is 0. The van der Waals surface area contributed by atoms with Crippen molar-refractivity contribution in [2.45, 2.75) is 0 Å². The number of fused-ring (bicyclic) bond motifs is 4. The highest BCUT2D eigenvalue weighted by Crippen LogP contribution is 2.49. The SMILES string of the molecule is c1ccc(-c2ccc(-c3cccc(N(c4ccccc4-c4ccccc4)c4ccc(-c5cccc6ccccc56)c5oc6ccccc6c45)c3)cc2)cc1. The molecule has 0 aliphatic rings. The number of rotatable bonds is 7. The fraction of sp³-hybridized carbons (Fsp3) is 0. The predicted octanol–water partition coefficient (Wildman–Crippen LogP) is 14.9. The lowest BCUT2D eigenvalue weighted by atomic mass is 9.95. The minimum atomic E-state index is 0.866. The van der Waals surface area contributed by atoms with E-state index >= 15 is 0 Å². The van der Waals surface area contributed by atoms with E-state index in [-0.39, 0.29) is 0 Å². The minimum Gasteiger partial charge on any atom is -0.455 e. The molecule has 10 aromatic rings. The Morgan fingerprint density at radius 1 is 0.333 bits per heavy atom. The molecule has 10 rings (SSSR count). The van der Waals surface area contributed by atoms with Gasteiger partial charge in [0.15, 0.2) is 0 Å². The van der Waals surface area contributed by atoms with E-state index in [1.54, 1.807) is 0 Å². The standard InChI is InChI=1S/C52H35NO/c1-3-15-36(16-4-1)37-29-31-38(32-30-37)41-21-13-22-42(35-41)53(48-27-11-9-24-44(48)40-17-5-2-6-18-40)49-34-33-46(45-26-14-20-39-19-7-8-23-43(39)45)52-51(49)47-25-10-12-28-50(47)54-52/h1-35H. The van der Waals surface area contributed by atoms with Crippen molar-refractivity contribution in [2.24, 2.45) is 0 Å². The first-order chi connectivity index (χ1) is 26.8. The fourth-order valence-corrected chi connectivity index (χ4v) is 7.92. The van der Waals surface area contributed by atoms with E-state index in [0.717, 1.165) is 72.4 Å². The summed E-state index contributed by atoms with van der Waals surface area (Å²) in [6.07, 6.45) is 0. The van der Waals surface area contributed by atoms with Crippen molar-refractivity contribution in [1.82, 2.24) is 0 Å². The topological polar surface area (TPSA) is 16.4 Å². The molecule has 0 N–H and O–H groups in total. The quantitative estimate of drug-likeness (QED) is 0.166. The van der Waals surface area contributed by atoms with Crippen LogP contribution in [0, 0.1) is 0 Å². The van der Waals surface area contributed by atoms with Crippen LogP contribution in [0.2, 0.25) is 0 Å². The summed E-state index contributed by atoms with van der Waals surface area (Å²) in [5.74, 6) is 0. The molecule has 0 radical (unpaired) electrons. The van der Waals surface area contributed by atoms with Gasteiger partial charge >= 0.3 is 0 Å². The Hall–Kier alpha value is -7.16. The zero-order chi connectivity index (χ0) is 35.8. The molecule has 0 saturated carbocycles. The summed E-state index contributed by atoms with van der Waals surface area (Å²) in [6, 6.07) is 75.8. The van der Waals surface area contributed by atoms with Crippen LogP contribution in [0.3, 0.4) is 0 Å². The molecule has 0 fully saturated rings. The van der Waals surface area contributed by atoms with E-state index in [1.807, 2.05) is 0 Å². The normalized spacial score (nSPS) is 11.3. The summed E-state index contributed by atoms with van der Waals surface area (Å²) >= 11 is 0. The number of furan rings is 1. The molecule has 0 saturated heterocycles. The van der Waals surface area contributed by atoms with Gasteiger partial charge in [-0.15, -0.1) is 0 Å². The molecule has 0 unspecified atom stereocenters. The summed E-state index contributed by atoms with van der Waals surface area (Å²) < 4.78 is 6.88. The van der Waals surface area contributed by atoms with Gasteiger partial charge in [-0.1, -0.05) is 176 Å². The third-order valence-corrected chi connectivity index (χ3v) is 10.5. The molecular weight excluding hydrogens is 655 g/mol. The van der Waals surface area contributed by atoms with Gasteiger partial charge in [-0.05, 0) is 80.6 Å². The summed E-state index contributed by atoms with van der Waals surface area (Å²) in [7, 11) is 0. The second-order valence-corrected chi connectivity index (χ2v) is 13.7.